The molecule has 26 heavy (non-hydrogen) atoms. The lowest BCUT2D eigenvalue weighted by atomic mass is 10.0. The molecule has 0 saturated heterocycles. The van der Waals surface area contributed by atoms with E-state index in [0.717, 1.165) is 54.6 Å². The van der Waals surface area contributed by atoms with Crippen molar-refractivity contribution in [3.63, 3.8) is 0 Å². The molecule has 5 heteroatoms. The van der Waals surface area contributed by atoms with Crippen LogP contribution in [-0.4, -0.2) is 30.3 Å². The normalized spacial score (nSPS) is 15.1. The second-order valence-electron chi connectivity index (χ2n) is 6.63. The summed E-state index contributed by atoms with van der Waals surface area (Å²) in [5, 5.41) is 4.33. The van der Waals surface area contributed by atoms with E-state index < -0.39 is 0 Å². The van der Waals surface area contributed by atoms with Gasteiger partial charge in [-0.15, -0.1) is 0 Å². The van der Waals surface area contributed by atoms with Crippen LogP contribution in [0.5, 0.6) is 5.75 Å². The monoisotopic (exact) mass is 350 g/mol. The molecule has 0 aliphatic carbocycles. The van der Waals surface area contributed by atoms with Gasteiger partial charge in [0.05, 0.1) is 13.4 Å². The fourth-order valence-corrected chi connectivity index (χ4v) is 3.41. The van der Waals surface area contributed by atoms with Crippen LogP contribution in [0.15, 0.2) is 57.2 Å². The Labute approximate surface area is 152 Å². The molecule has 0 saturated carbocycles. The number of hydrogen-bond acceptors (Lipinski definition) is 5. The molecule has 0 unspecified atom stereocenters. The standard InChI is InChI=1S/C21H22N2O3/c1-15(11-18-7-4-10-25-18)13-23-9-8-20-19(14-23)21(22-26-20)16-5-3-6-17(12-16)24-2/h3-7,10-12H,8-9,13-14H2,1-2H3. The van der Waals surface area contributed by atoms with Crippen molar-refractivity contribution >= 4 is 6.08 Å². The van der Waals surface area contributed by atoms with Crippen molar-refractivity contribution in [2.75, 3.05) is 20.2 Å². The smallest absolute Gasteiger partial charge is 0.143 e. The summed E-state index contributed by atoms with van der Waals surface area (Å²) >= 11 is 0. The van der Waals surface area contributed by atoms with E-state index in [9.17, 15) is 0 Å². The van der Waals surface area contributed by atoms with Crippen molar-refractivity contribution < 1.29 is 13.7 Å². The first-order valence-electron chi connectivity index (χ1n) is 8.78. The lowest BCUT2D eigenvalue weighted by Gasteiger charge is -2.26. The number of rotatable bonds is 5. The van der Waals surface area contributed by atoms with Gasteiger partial charge in [-0.1, -0.05) is 22.9 Å². The summed E-state index contributed by atoms with van der Waals surface area (Å²) in [6.45, 7) is 4.81. The maximum atomic E-state index is 5.61. The Hall–Kier alpha value is -2.79. The van der Waals surface area contributed by atoms with Crippen LogP contribution < -0.4 is 4.74 Å². The molecule has 0 fully saturated rings. The van der Waals surface area contributed by atoms with E-state index in [0.29, 0.717) is 0 Å². The summed E-state index contributed by atoms with van der Waals surface area (Å²) in [7, 11) is 1.67. The van der Waals surface area contributed by atoms with Gasteiger partial charge in [-0.2, -0.15) is 0 Å². The van der Waals surface area contributed by atoms with Crippen LogP contribution in [0.4, 0.5) is 0 Å². The Kier molecular flexibility index (Phi) is 4.63. The van der Waals surface area contributed by atoms with Gasteiger partial charge in [0.25, 0.3) is 0 Å². The van der Waals surface area contributed by atoms with Gasteiger partial charge in [0, 0.05) is 37.2 Å². The molecule has 0 N–H and O–H groups in total. The second kappa shape index (κ2) is 7.22. The van der Waals surface area contributed by atoms with Gasteiger partial charge in [0.2, 0.25) is 0 Å². The largest absolute Gasteiger partial charge is 0.497 e. The van der Waals surface area contributed by atoms with E-state index in [1.807, 2.05) is 36.4 Å². The summed E-state index contributed by atoms with van der Waals surface area (Å²) in [5.74, 6) is 2.71. The van der Waals surface area contributed by atoms with E-state index in [4.69, 9.17) is 13.7 Å². The molecule has 3 aromatic rings. The molecule has 3 heterocycles. The van der Waals surface area contributed by atoms with Crippen LogP contribution in [0.3, 0.4) is 0 Å². The van der Waals surface area contributed by atoms with Crippen LogP contribution >= 0.6 is 0 Å². The van der Waals surface area contributed by atoms with Gasteiger partial charge < -0.3 is 13.7 Å². The minimum atomic E-state index is 0.823. The van der Waals surface area contributed by atoms with Gasteiger partial charge >= 0.3 is 0 Å². The van der Waals surface area contributed by atoms with Gasteiger partial charge in [0.15, 0.2) is 0 Å². The number of methoxy groups -OCH3 is 1. The molecule has 0 radical (unpaired) electrons. The fourth-order valence-electron chi connectivity index (χ4n) is 3.41. The second-order valence-corrected chi connectivity index (χ2v) is 6.63. The third kappa shape index (κ3) is 3.44. The molecule has 2 aromatic heterocycles. The van der Waals surface area contributed by atoms with Gasteiger partial charge in [-0.25, -0.2) is 0 Å². The van der Waals surface area contributed by atoms with Crippen molar-refractivity contribution in [3.8, 4) is 17.0 Å². The lowest BCUT2D eigenvalue weighted by Crippen LogP contribution is -2.31. The van der Waals surface area contributed by atoms with Crippen LogP contribution in [0, 0.1) is 0 Å². The maximum Gasteiger partial charge on any atom is 0.143 e. The molecule has 0 amide bonds. The number of aromatic nitrogens is 1. The zero-order chi connectivity index (χ0) is 17.9. The molecular weight excluding hydrogens is 328 g/mol. The van der Waals surface area contributed by atoms with Gasteiger partial charge in [-0.05, 0) is 37.3 Å². The molecule has 0 spiro atoms. The molecule has 0 atom stereocenters. The first kappa shape index (κ1) is 16.7. The first-order valence-corrected chi connectivity index (χ1v) is 8.78. The molecule has 5 nitrogen and oxygen atoms in total. The third-order valence-corrected chi connectivity index (χ3v) is 4.65. The third-order valence-electron chi connectivity index (χ3n) is 4.65. The highest BCUT2D eigenvalue weighted by atomic mass is 16.5. The van der Waals surface area contributed by atoms with E-state index in [2.05, 4.69) is 23.1 Å². The number of nitrogens with zero attached hydrogens (tertiary/aromatic N) is 2. The zero-order valence-corrected chi connectivity index (χ0v) is 15.1. The number of hydrogen-bond donors (Lipinski definition) is 0. The minimum absolute atomic E-state index is 0.823. The minimum Gasteiger partial charge on any atom is -0.497 e. The molecular formula is C21H22N2O3. The summed E-state index contributed by atoms with van der Waals surface area (Å²) in [6, 6.07) is 11.8. The van der Waals surface area contributed by atoms with Crippen molar-refractivity contribution in [1.29, 1.82) is 0 Å². The van der Waals surface area contributed by atoms with E-state index >= 15 is 0 Å². The Bertz CT molecular complexity index is 909. The SMILES string of the molecule is COc1cccc(-c2noc3c2CN(CC(C)=Cc2ccco2)CC3)c1. The first-order chi connectivity index (χ1) is 12.7. The molecule has 4 rings (SSSR count). The average Bonchev–Trinajstić information content (AvgIpc) is 3.31. The Morgan fingerprint density at radius 2 is 2.23 bits per heavy atom. The zero-order valence-electron chi connectivity index (χ0n) is 15.1. The number of fused-ring (bicyclic) bond motifs is 1. The molecule has 134 valence electrons. The van der Waals surface area contributed by atoms with Crippen LogP contribution in [-0.2, 0) is 13.0 Å². The van der Waals surface area contributed by atoms with E-state index in [1.165, 1.54) is 11.1 Å². The summed E-state index contributed by atoms with van der Waals surface area (Å²) < 4.78 is 16.3. The van der Waals surface area contributed by atoms with Crippen molar-refractivity contribution in [3.05, 3.63) is 65.3 Å². The average molecular weight is 350 g/mol. The summed E-state index contributed by atoms with van der Waals surface area (Å²) in [6.07, 6.45) is 4.66. The highest BCUT2D eigenvalue weighted by Gasteiger charge is 2.25. The topological polar surface area (TPSA) is 51.6 Å². The van der Waals surface area contributed by atoms with Crippen molar-refractivity contribution in [2.24, 2.45) is 0 Å². The molecule has 1 aromatic carbocycles. The van der Waals surface area contributed by atoms with Crippen molar-refractivity contribution in [2.45, 2.75) is 19.9 Å². The summed E-state index contributed by atoms with van der Waals surface area (Å²) in [4.78, 5) is 2.41. The fraction of sp³-hybridized carbons (Fsp3) is 0.286. The molecule has 1 aliphatic rings. The quantitative estimate of drug-likeness (QED) is 0.682. The lowest BCUT2D eigenvalue weighted by molar-refractivity contribution is 0.254. The molecule has 0 bridgehead atoms. The maximum absolute atomic E-state index is 5.61. The predicted octanol–water partition coefficient (Wildman–Crippen LogP) is 4.40. The van der Waals surface area contributed by atoms with Gasteiger partial charge in [0.1, 0.15) is 23.0 Å². The van der Waals surface area contributed by atoms with Crippen LogP contribution in [0.2, 0.25) is 0 Å². The predicted molar refractivity (Wildman–Crippen MR) is 99.8 cm³/mol. The van der Waals surface area contributed by atoms with Crippen molar-refractivity contribution in [1.82, 2.24) is 10.1 Å². The van der Waals surface area contributed by atoms with E-state index in [1.54, 1.807) is 13.4 Å². The Morgan fingerprint density at radius 1 is 1.31 bits per heavy atom. The summed E-state index contributed by atoms with van der Waals surface area (Å²) in [5.41, 5.74) is 4.38. The highest BCUT2D eigenvalue weighted by molar-refractivity contribution is 5.65. The number of furan rings is 1. The highest BCUT2D eigenvalue weighted by Crippen LogP contribution is 2.31. The molecule has 1 aliphatic heterocycles. The number of ether oxygens (including phenoxy) is 1. The van der Waals surface area contributed by atoms with Crippen LogP contribution in [0.25, 0.3) is 17.3 Å². The Morgan fingerprint density at radius 3 is 3.04 bits per heavy atom. The Balaban J connectivity index is 1.54. The van der Waals surface area contributed by atoms with Crippen LogP contribution in [0.1, 0.15) is 24.0 Å². The number of benzene rings is 1. The van der Waals surface area contributed by atoms with E-state index in [-0.39, 0.29) is 0 Å². The van der Waals surface area contributed by atoms with Gasteiger partial charge in [-0.3, -0.25) is 4.90 Å².